The van der Waals surface area contributed by atoms with Crippen LogP contribution in [-0.2, 0) is 10.3 Å². The Morgan fingerprint density at radius 1 is 1.18 bits per heavy atom. The number of ether oxygens (including phenoxy) is 1. The second-order valence-corrected chi connectivity index (χ2v) is 4.20. The first-order valence-corrected chi connectivity index (χ1v) is 5.30. The van der Waals surface area contributed by atoms with E-state index in [4.69, 9.17) is 5.73 Å². The van der Waals surface area contributed by atoms with Crippen molar-refractivity contribution in [3.63, 3.8) is 0 Å². The molecular weight excluding hydrogens is 231 g/mol. The molecule has 0 saturated carbocycles. The highest BCUT2D eigenvalue weighted by Gasteiger charge is 2.28. The van der Waals surface area contributed by atoms with Crippen molar-refractivity contribution in [1.29, 1.82) is 0 Å². The van der Waals surface area contributed by atoms with E-state index in [1.54, 1.807) is 6.92 Å². The fraction of sp³-hybridized carbons (Fsp3) is 0.500. The molecule has 1 aromatic rings. The Hall–Kier alpha value is -1.07. The van der Waals surface area contributed by atoms with E-state index in [9.17, 15) is 13.2 Å². The van der Waals surface area contributed by atoms with Gasteiger partial charge in [0.15, 0.2) is 0 Å². The summed E-state index contributed by atoms with van der Waals surface area (Å²) >= 11 is 0. The zero-order chi connectivity index (χ0) is 12.9. The van der Waals surface area contributed by atoms with Gasteiger partial charge in [-0.2, -0.15) is 13.2 Å². The molecule has 0 aliphatic heterocycles. The van der Waals surface area contributed by atoms with Gasteiger partial charge in [0.1, 0.15) is 6.61 Å². The lowest BCUT2D eigenvalue weighted by molar-refractivity contribution is -0.174. The lowest BCUT2D eigenvalue weighted by Gasteiger charge is -2.25. The molecule has 1 rings (SSSR count). The molecule has 1 unspecified atom stereocenters. The Morgan fingerprint density at radius 3 is 2.29 bits per heavy atom. The van der Waals surface area contributed by atoms with Gasteiger partial charge in [-0.05, 0) is 18.9 Å². The van der Waals surface area contributed by atoms with Crippen molar-refractivity contribution in [2.45, 2.75) is 25.1 Å². The monoisotopic (exact) mass is 247 g/mol. The van der Waals surface area contributed by atoms with Crippen LogP contribution in [0.4, 0.5) is 13.2 Å². The number of benzene rings is 1. The fourth-order valence-corrected chi connectivity index (χ4v) is 1.44. The Bertz CT molecular complexity index is 335. The summed E-state index contributed by atoms with van der Waals surface area (Å²) in [4.78, 5) is 0. The second kappa shape index (κ2) is 5.51. The molecular formula is C12H16F3NO. The number of hydrogen-bond acceptors (Lipinski definition) is 2. The Balaban J connectivity index is 2.41. The van der Waals surface area contributed by atoms with Crippen LogP contribution < -0.4 is 5.73 Å². The van der Waals surface area contributed by atoms with Gasteiger partial charge in [0.05, 0.1) is 0 Å². The van der Waals surface area contributed by atoms with Crippen LogP contribution in [0.1, 0.15) is 18.9 Å². The summed E-state index contributed by atoms with van der Waals surface area (Å²) in [6.07, 6.45) is -3.94. The Morgan fingerprint density at radius 2 is 1.76 bits per heavy atom. The van der Waals surface area contributed by atoms with Gasteiger partial charge >= 0.3 is 6.18 Å². The highest BCUT2D eigenvalue weighted by molar-refractivity contribution is 5.22. The van der Waals surface area contributed by atoms with Gasteiger partial charge in [-0.1, -0.05) is 30.3 Å². The molecule has 5 heteroatoms. The lowest BCUT2D eigenvalue weighted by atomic mass is 9.90. The van der Waals surface area contributed by atoms with Crippen LogP contribution in [0.5, 0.6) is 0 Å². The highest BCUT2D eigenvalue weighted by atomic mass is 19.4. The summed E-state index contributed by atoms with van der Waals surface area (Å²) in [7, 11) is 0. The van der Waals surface area contributed by atoms with Gasteiger partial charge in [0, 0.05) is 12.1 Å². The van der Waals surface area contributed by atoms with Crippen LogP contribution in [0.2, 0.25) is 0 Å². The summed E-state index contributed by atoms with van der Waals surface area (Å²) in [5, 5.41) is 0. The minimum atomic E-state index is -4.28. The van der Waals surface area contributed by atoms with Gasteiger partial charge in [0.25, 0.3) is 0 Å². The SMILES string of the molecule is CC(N)(CCOCC(F)(F)F)c1ccccc1. The van der Waals surface area contributed by atoms with Gasteiger partial charge in [0.2, 0.25) is 0 Å². The van der Waals surface area contributed by atoms with E-state index in [1.165, 1.54) is 0 Å². The molecule has 0 aromatic heterocycles. The summed E-state index contributed by atoms with van der Waals surface area (Å²) in [6, 6.07) is 9.25. The molecule has 1 atom stereocenters. The lowest BCUT2D eigenvalue weighted by Crippen LogP contribution is -2.34. The van der Waals surface area contributed by atoms with Crippen molar-refractivity contribution >= 4 is 0 Å². The summed E-state index contributed by atoms with van der Waals surface area (Å²) in [5.74, 6) is 0. The number of halogens is 3. The minimum absolute atomic E-state index is 0.0125. The predicted octanol–water partition coefficient (Wildman–Crippen LogP) is 2.83. The van der Waals surface area contributed by atoms with E-state index in [1.807, 2.05) is 30.3 Å². The highest BCUT2D eigenvalue weighted by Crippen LogP contribution is 2.22. The van der Waals surface area contributed by atoms with Crippen molar-refractivity contribution < 1.29 is 17.9 Å². The van der Waals surface area contributed by atoms with Crippen molar-refractivity contribution in [2.24, 2.45) is 5.73 Å². The Labute approximate surface area is 98.6 Å². The standard InChI is InChI=1S/C12H16F3NO/c1-11(16,10-5-3-2-4-6-10)7-8-17-9-12(13,14)15/h2-6H,7-9,16H2,1H3. The molecule has 0 aliphatic rings. The molecule has 0 saturated heterocycles. The van der Waals surface area contributed by atoms with Crippen LogP contribution in [-0.4, -0.2) is 19.4 Å². The van der Waals surface area contributed by atoms with E-state index >= 15 is 0 Å². The maximum Gasteiger partial charge on any atom is 0.411 e. The Kier molecular flexibility index (Phi) is 4.54. The third-order valence-electron chi connectivity index (χ3n) is 2.46. The molecule has 2 nitrogen and oxygen atoms in total. The third kappa shape index (κ3) is 5.19. The topological polar surface area (TPSA) is 35.2 Å². The van der Waals surface area contributed by atoms with Gasteiger partial charge in [-0.15, -0.1) is 0 Å². The van der Waals surface area contributed by atoms with Crippen molar-refractivity contribution in [2.75, 3.05) is 13.2 Å². The second-order valence-electron chi connectivity index (χ2n) is 4.20. The molecule has 1 aromatic carbocycles. The molecule has 0 bridgehead atoms. The summed E-state index contributed by atoms with van der Waals surface area (Å²) < 4.78 is 40.1. The number of hydrogen-bond donors (Lipinski definition) is 1. The summed E-state index contributed by atoms with van der Waals surface area (Å²) in [6.45, 7) is 0.540. The summed E-state index contributed by atoms with van der Waals surface area (Å²) in [5.41, 5.74) is 6.24. The maximum absolute atomic E-state index is 11.8. The van der Waals surface area contributed by atoms with Gasteiger partial charge in [-0.25, -0.2) is 0 Å². The first kappa shape index (κ1) is 14.0. The zero-order valence-electron chi connectivity index (χ0n) is 9.63. The van der Waals surface area contributed by atoms with Crippen LogP contribution in [0, 0.1) is 0 Å². The van der Waals surface area contributed by atoms with E-state index < -0.39 is 18.3 Å². The van der Waals surface area contributed by atoms with Crippen LogP contribution in [0.15, 0.2) is 30.3 Å². The number of nitrogens with two attached hydrogens (primary N) is 1. The fourth-order valence-electron chi connectivity index (χ4n) is 1.44. The average molecular weight is 247 g/mol. The van der Waals surface area contributed by atoms with Crippen LogP contribution in [0.3, 0.4) is 0 Å². The molecule has 96 valence electrons. The van der Waals surface area contributed by atoms with Crippen molar-refractivity contribution in [3.05, 3.63) is 35.9 Å². The zero-order valence-corrected chi connectivity index (χ0v) is 9.63. The third-order valence-corrected chi connectivity index (χ3v) is 2.46. The van der Waals surface area contributed by atoms with Gasteiger partial charge in [-0.3, -0.25) is 0 Å². The molecule has 17 heavy (non-hydrogen) atoms. The van der Waals surface area contributed by atoms with Crippen LogP contribution >= 0.6 is 0 Å². The number of rotatable bonds is 5. The normalized spacial score (nSPS) is 15.6. The smallest absolute Gasteiger partial charge is 0.372 e. The van der Waals surface area contributed by atoms with E-state index in [0.29, 0.717) is 6.42 Å². The molecule has 0 aliphatic carbocycles. The first-order chi connectivity index (χ1) is 7.81. The largest absolute Gasteiger partial charge is 0.411 e. The van der Waals surface area contributed by atoms with E-state index in [-0.39, 0.29) is 6.61 Å². The molecule has 0 radical (unpaired) electrons. The average Bonchev–Trinajstić information content (AvgIpc) is 2.25. The molecule has 0 spiro atoms. The molecule has 0 heterocycles. The van der Waals surface area contributed by atoms with Crippen molar-refractivity contribution in [3.8, 4) is 0 Å². The molecule has 0 amide bonds. The van der Waals surface area contributed by atoms with E-state index in [2.05, 4.69) is 4.74 Å². The molecule has 2 N–H and O–H groups in total. The quantitative estimate of drug-likeness (QED) is 0.812. The van der Waals surface area contributed by atoms with Crippen LogP contribution in [0.25, 0.3) is 0 Å². The van der Waals surface area contributed by atoms with Gasteiger partial charge < -0.3 is 10.5 Å². The molecule has 0 fully saturated rings. The van der Waals surface area contributed by atoms with E-state index in [0.717, 1.165) is 5.56 Å². The predicted molar refractivity (Wildman–Crippen MR) is 59.5 cm³/mol. The first-order valence-electron chi connectivity index (χ1n) is 5.30. The van der Waals surface area contributed by atoms with Crippen molar-refractivity contribution in [1.82, 2.24) is 0 Å². The number of alkyl halides is 3. The maximum atomic E-state index is 11.8. The minimum Gasteiger partial charge on any atom is -0.372 e.